The molecule has 1 aromatic heterocycles. The molecule has 2 aromatic rings. The fourth-order valence-electron chi connectivity index (χ4n) is 3.30. The van der Waals surface area contributed by atoms with Crippen molar-refractivity contribution in [2.24, 2.45) is 0 Å². The van der Waals surface area contributed by atoms with E-state index < -0.39 is 0 Å². The van der Waals surface area contributed by atoms with Gasteiger partial charge >= 0.3 is 6.01 Å². The molecule has 140 valence electrons. The van der Waals surface area contributed by atoms with Crippen molar-refractivity contribution in [2.45, 2.75) is 37.8 Å². The number of amides is 1. The van der Waals surface area contributed by atoms with Gasteiger partial charge in [-0.05, 0) is 37.8 Å². The molecule has 0 unspecified atom stereocenters. The third-order valence-electron chi connectivity index (χ3n) is 4.89. The summed E-state index contributed by atoms with van der Waals surface area (Å²) in [5, 5.41) is 0.945. The van der Waals surface area contributed by atoms with Crippen molar-refractivity contribution in [1.29, 1.82) is 0 Å². The summed E-state index contributed by atoms with van der Waals surface area (Å²) in [4.78, 5) is 22.5. The average Bonchev–Trinajstić information content (AvgIpc) is 2.67. The van der Waals surface area contributed by atoms with Crippen molar-refractivity contribution in [3.05, 3.63) is 24.4 Å². The maximum atomic E-state index is 11.9. The Morgan fingerprint density at radius 3 is 2.69 bits per heavy atom. The lowest BCUT2D eigenvalue weighted by atomic mass is 9.92. The van der Waals surface area contributed by atoms with E-state index in [0.29, 0.717) is 6.01 Å². The number of rotatable bonds is 6. The van der Waals surface area contributed by atoms with Gasteiger partial charge in [0.15, 0.2) is 0 Å². The second kappa shape index (κ2) is 8.31. The van der Waals surface area contributed by atoms with Gasteiger partial charge in [-0.25, -0.2) is 4.98 Å². The molecule has 1 aromatic carbocycles. The Hall–Kier alpha value is -2.41. The molecule has 7 heteroatoms. The minimum absolute atomic E-state index is 0.0173. The summed E-state index contributed by atoms with van der Waals surface area (Å²) in [6, 6.07) is 6.31. The molecule has 1 aliphatic rings. The van der Waals surface area contributed by atoms with Crippen LogP contribution in [0.5, 0.6) is 11.8 Å². The Bertz CT molecular complexity index is 760. The van der Waals surface area contributed by atoms with Crippen LogP contribution in [0.4, 0.5) is 0 Å². The van der Waals surface area contributed by atoms with Crippen molar-refractivity contribution in [3.63, 3.8) is 0 Å². The zero-order chi connectivity index (χ0) is 18.5. The minimum Gasteiger partial charge on any atom is -0.497 e. The number of likely N-dealkylation sites (N-methyl/N-ethyl adjacent to an activating group) is 1. The lowest BCUT2D eigenvalue weighted by molar-refractivity contribution is -0.136. The molecular weight excluding hydrogens is 334 g/mol. The van der Waals surface area contributed by atoms with Crippen LogP contribution in [0.1, 0.15) is 25.7 Å². The predicted molar refractivity (Wildman–Crippen MR) is 97.4 cm³/mol. The van der Waals surface area contributed by atoms with Crippen LogP contribution in [0.2, 0.25) is 0 Å². The van der Waals surface area contributed by atoms with E-state index in [1.54, 1.807) is 18.2 Å². The molecule has 1 heterocycles. The summed E-state index contributed by atoms with van der Waals surface area (Å²) in [5.41, 5.74) is 0.799. The largest absolute Gasteiger partial charge is 0.497 e. The standard InChI is InChI=1S/C19H25N3O4/c1-22(18(23)12-24-2)14-5-8-15(9-6-14)26-19-20-11-13-4-7-16(25-3)10-17(13)21-19/h4,7,10-11,14-15H,5-6,8-9,12H2,1-3H3. The van der Waals surface area contributed by atoms with Crippen LogP contribution in [0.25, 0.3) is 10.9 Å². The first-order valence-electron chi connectivity index (χ1n) is 8.82. The summed E-state index contributed by atoms with van der Waals surface area (Å²) in [6.07, 6.45) is 5.37. The molecule has 1 saturated carbocycles. The Labute approximate surface area is 153 Å². The van der Waals surface area contributed by atoms with Crippen molar-refractivity contribution in [3.8, 4) is 11.8 Å². The van der Waals surface area contributed by atoms with E-state index in [9.17, 15) is 4.79 Å². The van der Waals surface area contributed by atoms with Crippen LogP contribution < -0.4 is 9.47 Å². The van der Waals surface area contributed by atoms with Gasteiger partial charge in [0, 0.05) is 37.8 Å². The fourth-order valence-corrected chi connectivity index (χ4v) is 3.30. The third-order valence-corrected chi connectivity index (χ3v) is 4.89. The first kappa shape index (κ1) is 18.4. The number of aromatic nitrogens is 2. The maximum absolute atomic E-state index is 11.9. The van der Waals surface area contributed by atoms with Gasteiger partial charge in [0.25, 0.3) is 0 Å². The molecule has 0 atom stereocenters. The number of carbonyl (C=O) groups excluding carboxylic acids is 1. The number of carbonyl (C=O) groups is 1. The van der Waals surface area contributed by atoms with E-state index in [0.717, 1.165) is 42.3 Å². The minimum atomic E-state index is 0.0173. The molecule has 1 fully saturated rings. The highest BCUT2D eigenvalue weighted by Gasteiger charge is 2.27. The highest BCUT2D eigenvalue weighted by atomic mass is 16.5. The molecule has 26 heavy (non-hydrogen) atoms. The SMILES string of the molecule is COCC(=O)N(C)C1CCC(Oc2ncc3ccc(OC)cc3n2)CC1. The maximum Gasteiger partial charge on any atom is 0.317 e. The molecule has 0 N–H and O–H groups in total. The van der Waals surface area contributed by atoms with Gasteiger partial charge < -0.3 is 19.1 Å². The summed E-state index contributed by atoms with van der Waals surface area (Å²) in [7, 11) is 5.01. The first-order valence-corrected chi connectivity index (χ1v) is 8.82. The molecule has 0 bridgehead atoms. The molecule has 7 nitrogen and oxygen atoms in total. The first-order chi connectivity index (χ1) is 12.6. The van der Waals surface area contributed by atoms with E-state index in [4.69, 9.17) is 14.2 Å². The normalized spacial score (nSPS) is 20.0. The summed E-state index contributed by atoms with van der Waals surface area (Å²) < 4.78 is 16.1. The van der Waals surface area contributed by atoms with E-state index in [1.165, 1.54) is 7.11 Å². The van der Waals surface area contributed by atoms with Crippen molar-refractivity contribution in [2.75, 3.05) is 27.9 Å². The molecule has 1 amide bonds. The molecule has 0 saturated heterocycles. The van der Waals surface area contributed by atoms with E-state index >= 15 is 0 Å². The van der Waals surface area contributed by atoms with E-state index in [2.05, 4.69) is 9.97 Å². The van der Waals surface area contributed by atoms with Gasteiger partial charge in [0.2, 0.25) is 5.91 Å². The van der Waals surface area contributed by atoms with Crippen molar-refractivity contribution >= 4 is 16.8 Å². The topological polar surface area (TPSA) is 73.8 Å². The van der Waals surface area contributed by atoms with E-state index in [-0.39, 0.29) is 24.7 Å². The van der Waals surface area contributed by atoms with Gasteiger partial charge in [-0.3, -0.25) is 4.79 Å². The average molecular weight is 359 g/mol. The summed E-state index contributed by atoms with van der Waals surface area (Å²) in [6.45, 7) is 0.126. The fraction of sp³-hybridized carbons (Fsp3) is 0.526. The number of hydrogen-bond donors (Lipinski definition) is 0. The number of ether oxygens (including phenoxy) is 3. The van der Waals surface area contributed by atoms with Gasteiger partial charge in [0.1, 0.15) is 18.5 Å². The van der Waals surface area contributed by atoms with Gasteiger partial charge in [-0.15, -0.1) is 0 Å². The van der Waals surface area contributed by atoms with Crippen molar-refractivity contribution in [1.82, 2.24) is 14.9 Å². The number of hydrogen-bond acceptors (Lipinski definition) is 6. The summed E-state index contributed by atoms with van der Waals surface area (Å²) >= 11 is 0. The summed E-state index contributed by atoms with van der Waals surface area (Å²) in [5.74, 6) is 0.773. The molecule has 0 radical (unpaired) electrons. The molecule has 3 rings (SSSR count). The van der Waals surface area contributed by atoms with E-state index in [1.807, 2.05) is 25.2 Å². The predicted octanol–water partition coefficient (Wildman–Crippen LogP) is 2.43. The van der Waals surface area contributed by atoms with Crippen LogP contribution in [-0.2, 0) is 9.53 Å². The third kappa shape index (κ3) is 4.22. The Morgan fingerprint density at radius 2 is 2.00 bits per heavy atom. The van der Waals surface area contributed by atoms with Crippen molar-refractivity contribution < 1.29 is 19.0 Å². The highest BCUT2D eigenvalue weighted by molar-refractivity contribution is 5.79. The second-order valence-corrected chi connectivity index (χ2v) is 6.56. The monoisotopic (exact) mass is 359 g/mol. The van der Waals surface area contributed by atoms with Gasteiger partial charge in [-0.2, -0.15) is 4.98 Å². The lowest BCUT2D eigenvalue weighted by Gasteiger charge is -2.34. The Balaban J connectivity index is 1.59. The highest BCUT2D eigenvalue weighted by Crippen LogP contribution is 2.26. The van der Waals surface area contributed by atoms with Crippen LogP contribution in [-0.4, -0.2) is 60.8 Å². The molecule has 1 aliphatic carbocycles. The number of benzene rings is 1. The zero-order valence-corrected chi connectivity index (χ0v) is 15.5. The number of nitrogens with zero attached hydrogens (tertiary/aromatic N) is 3. The van der Waals surface area contributed by atoms with Crippen LogP contribution in [0.15, 0.2) is 24.4 Å². The molecular formula is C19H25N3O4. The van der Waals surface area contributed by atoms with Crippen LogP contribution in [0, 0.1) is 0 Å². The quantitative estimate of drug-likeness (QED) is 0.789. The number of methoxy groups -OCH3 is 2. The lowest BCUT2D eigenvalue weighted by Crippen LogP contribution is -2.42. The zero-order valence-electron chi connectivity index (χ0n) is 15.5. The smallest absolute Gasteiger partial charge is 0.317 e. The molecule has 0 spiro atoms. The number of fused-ring (bicyclic) bond motifs is 1. The van der Waals surface area contributed by atoms with Gasteiger partial charge in [0.05, 0.1) is 12.6 Å². The Kier molecular flexibility index (Phi) is 5.88. The van der Waals surface area contributed by atoms with Gasteiger partial charge in [-0.1, -0.05) is 0 Å². The Morgan fingerprint density at radius 1 is 1.23 bits per heavy atom. The second-order valence-electron chi connectivity index (χ2n) is 6.56. The van der Waals surface area contributed by atoms with Crippen LogP contribution in [0.3, 0.4) is 0 Å². The van der Waals surface area contributed by atoms with Crippen LogP contribution >= 0.6 is 0 Å². The molecule has 0 aliphatic heterocycles.